The van der Waals surface area contributed by atoms with E-state index in [1.165, 1.54) is 29.5 Å². The highest BCUT2D eigenvalue weighted by molar-refractivity contribution is 8.02. The molecule has 0 amide bonds. The van der Waals surface area contributed by atoms with Gasteiger partial charge in [-0.2, -0.15) is 15.0 Å². The van der Waals surface area contributed by atoms with Gasteiger partial charge in [0.15, 0.2) is 10.3 Å². The number of nitrogens with one attached hydrogen (secondary N) is 1. The molecule has 0 saturated carbocycles. The van der Waals surface area contributed by atoms with E-state index in [2.05, 4.69) is 48.2 Å². The molecule has 1 fully saturated rings. The van der Waals surface area contributed by atoms with Crippen LogP contribution in [-0.4, -0.2) is 33.0 Å². The molecule has 0 aromatic carbocycles. The van der Waals surface area contributed by atoms with Gasteiger partial charge in [-0.3, -0.25) is 5.32 Å². The molecule has 4 rings (SSSR count). The number of thiophene rings is 1. The summed E-state index contributed by atoms with van der Waals surface area (Å²) in [6.07, 6.45) is 11.7. The summed E-state index contributed by atoms with van der Waals surface area (Å²) >= 11 is 4.76. The second kappa shape index (κ2) is 9.82. The third-order valence-electron chi connectivity index (χ3n) is 4.09. The molecule has 0 bridgehead atoms. The molecule has 29 heavy (non-hydrogen) atoms. The Hall–Kier alpha value is -2.49. The number of anilines is 3. The molecule has 1 aliphatic heterocycles. The molecular formula is C20H20N6S3. The Morgan fingerprint density at radius 2 is 2.00 bits per heavy atom. The summed E-state index contributed by atoms with van der Waals surface area (Å²) in [6, 6.07) is 4.14. The maximum absolute atomic E-state index is 4.64. The molecule has 0 aliphatic carbocycles. The zero-order valence-electron chi connectivity index (χ0n) is 15.7. The number of aromatic nitrogens is 4. The Labute approximate surface area is 182 Å². The van der Waals surface area contributed by atoms with Crippen LogP contribution >= 0.6 is 34.4 Å². The van der Waals surface area contributed by atoms with Gasteiger partial charge in [0, 0.05) is 24.2 Å². The average Bonchev–Trinajstić information content (AvgIpc) is 3.49. The minimum absolute atomic E-state index is 0.520. The van der Waals surface area contributed by atoms with Gasteiger partial charge in [-0.1, -0.05) is 60.0 Å². The summed E-state index contributed by atoms with van der Waals surface area (Å²) in [5.41, 5.74) is 0. The van der Waals surface area contributed by atoms with Crippen LogP contribution in [0.25, 0.3) is 9.75 Å². The molecule has 3 aromatic heterocycles. The molecule has 0 unspecified atom stereocenters. The molecule has 4 heterocycles. The highest BCUT2D eigenvalue weighted by Crippen LogP contribution is 2.33. The van der Waals surface area contributed by atoms with Gasteiger partial charge in [0.1, 0.15) is 0 Å². The largest absolute Gasteiger partial charge is 0.341 e. The molecule has 3 aromatic rings. The van der Waals surface area contributed by atoms with Crippen LogP contribution in [0.15, 0.2) is 65.2 Å². The first-order valence-electron chi connectivity index (χ1n) is 9.20. The van der Waals surface area contributed by atoms with Crippen molar-refractivity contribution in [3.63, 3.8) is 0 Å². The zero-order chi connectivity index (χ0) is 19.9. The van der Waals surface area contributed by atoms with Crippen molar-refractivity contribution < 1.29 is 0 Å². The summed E-state index contributed by atoms with van der Waals surface area (Å²) in [4.78, 5) is 22.9. The lowest BCUT2D eigenvalue weighted by atomic mass is 10.4. The van der Waals surface area contributed by atoms with Crippen molar-refractivity contribution in [2.24, 2.45) is 0 Å². The van der Waals surface area contributed by atoms with E-state index in [0.29, 0.717) is 17.1 Å². The van der Waals surface area contributed by atoms with E-state index in [9.17, 15) is 0 Å². The van der Waals surface area contributed by atoms with E-state index in [-0.39, 0.29) is 0 Å². The summed E-state index contributed by atoms with van der Waals surface area (Å²) in [5.74, 6) is 1.24. The maximum atomic E-state index is 4.64. The third-order valence-corrected chi connectivity index (χ3v) is 6.76. The summed E-state index contributed by atoms with van der Waals surface area (Å²) in [6.45, 7) is 5.62. The average molecular weight is 441 g/mol. The summed E-state index contributed by atoms with van der Waals surface area (Å²) < 4.78 is 0. The maximum Gasteiger partial charge on any atom is 0.234 e. The Balaban J connectivity index is 1.55. The van der Waals surface area contributed by atoms with Crippen molar-refractivity contribution >= 4 is 51.5 Å². The quantitative estimate of drug-likeness (QED) is 0.353. The van der Waals surface area contributed by atoms with E-state index in [0.717, 1.165) is 23.1 Å². The predicted molar refractivity (Wildman–Crippen MR) is 124 cm³/mol. The molecule has 9 heteroatoms. The van der Waals surface area contributed by atoms with Crippen molar-refractivity contribution in [3.05, 3.63) is 60.0 Å². The Kier molecular flexibility index (Phi) is 6.71. The van der Waals surface area contributed by atoms with E-state index in [1.807, 2.05) is 35.9 Å². The van der Waals surface area contributed by atoms with Crippen LogP contribution in [-0.2, 0) is 0 Å². The number of hydrogen-bond acceptors (Lipinski definition) is 9. The molecule has 6 nitrogen and oxygen atoms in total. The van der Waals surface area contributed by atoms with Crippen LogP contribution in [0, 0.1) is 0 Å². The fourth-order valence-corrected chi connectivity index (χ4v) is 4.96. The standard InChI is InChI=1S/C20H20N6S3/c1-2-3-4-7-12-28-20-24-17(22-18(25-20)26-10-5-6-11-26)23-19-21-14-16(29-19)15-9-8-13-27-15/h2-4,7-9,12-14H,1,5-6,10-11H2,(H,21,22,23,24,25). The first-order chi connectivity index (χ1) is 14.3. The van der Waals surface area contributed by atoms with Gasteiger partial charge in [-0.15, -0.1) is 11.3 Å². The highest BCUT2D eigenvalue weighted by atomic mass is 32.2. The lowest BCUT2D eigenvalue weighted by Gasteiger charge is -2.16. The molecule has 0 radical (unpaired) electrons. The van der Waals surface area contributed by atoms with Crippen molar-refractivity contribution in [1.29, 1.82) is 0 Å². The zero-order valence-corrected chi connectivity index (χ0v) is 18.1. The Morgan fingerprint density at radius 1 is 1.10 bits per heavy atom. The molecule has 0 spiro atoms. The van der Waals surface area contributed by atoms with Crippen LogP contribution in [0.4, 0.5) is 17.0 Å². The van der Waals surface area contributed by atoms with Crippen LogP contribution in [0.3, 0.4) is 0 Å². The molecule has 0 atom stereocenters. The monoisotopic (exact) mass is 440 g/mol. The second-order valence-electron chi connectivity index (χ2n) is 6.13. The number of thiazole rings is 1. The number of nitrogens with zero attached hydrogens (tertiary/aromatic N) is 5. The van der Waals surface area contributed by atoms with Crippen molar-refractivity contribution in [1.82, 2.24) is 19.9 Å². The number of hydrogen-bond donors (Lipinski definition) is 1. The van der Waals surface area contributed by atoms with E-state index in [1.54, 1.807) is 28.7 Å². The molecule has 1 aliphatic rings. The Morgan fingerprint density at radius 3 is 2.79 bits per heavy atom. The van der Waals surface area contributed by atoms with Crippen LogP contribution < -0.4 is 10.2 Å². The smallest absolute Gasteiger partial charge is 0.234 e. The van der Waals surface area contributed by atoms with Crippen LogP contribution in [0.2, 0.25) is 0 Å². The normalized spacial score (nSPS) is 14.3. The number of thioether (sulfide) groups is 1. The van der Waals surface area contributed by atoms with Crippen molar-refractivity contribution in [2.45, 2.75) is 18.0 Å². The SMILES string of the molecule is C=CC=CC=CSc1nc(Nc2ncc(-c3cccs3)s2)nc(N2CCCC2)n1. The van der Waals surface area contributed by atoms with Gasteiger partial charge < -0.3 is 4.90 Å². The van der Waals surface area contributed by atoms with Crippen molar-refractivity contribution in [3.8, 4) is 9.75 Å². The van der Waals surface area contributed by atoms with Gasteiger partial charge >= 0.3 is 0 Å². The van der Waals surface area contributed by atoms with E-state index < -0.39 is 0 Å². The molecular weight excluding hydrogens is 420 g/mol. The third kappa shape index (κ3) is 5.31. The fourth-order valence-electron chi connectivity index (χ4n) is 2.76. The Bertz CT molecular complexity index is 1000. The minimum atomic E-state index is 0.520. The minimum Gasteiger partial charge on any atom is -0.341 e. The lowest BCUT2D eigenvalue weighted by molar-refractivity contribution is 0.833. The van der Waals surface area contributed by atoms with Gasteiger partial charge in [0.2, 0.25) is 11.9 Å². The van der Waals surface area contributed by atoms with Gasteiger partial charge in [-0.25, -0.2) is 4.98 Å². The predicted octanol–water partition coefficient (Wildman–Crippen LogP) is 5.75. The lowest BCUT2D eigenvalue weighted by Crippen LogP contribution is -2.21. The van der Waals surface area contributed by atoms with Gasteiger partial charge in [-0.05, 0) is 29.7 Å². The first kappa shape index (κ1) is 19.8. The first-order valence-corrected chi connectivity index (χ1v) is 11.8. The van der Waals surface area contributed by atoms with Crippen LogP contribution in [0.5, 0.6) is 0 Å². The summed E-state index contributed by atoms with van der Waals surface area (Å²) in [5, 5.41) is 8.70. The molecule has 1 saturated heterocycles. The topological polar surface area (TPSA) is 66.8 Å². The van der Waals surface area contributed by atoms with E-state index >= 15 is 0 Å². The summed E-state index contributed by atoms with van der Waals surface area (Å²) in [7, 11) is 0. The number of rotatable bonds is 8. The molecule has 1 N–H and O–H groups in total. The molecule has 148 valence electrons. The van der Waals surface area contributed by atoms with Crippen molar-refractivity contribution in [2.75, 3.05) is 23.3 Å². The highest BCUT2D eigenvalue weighted by Gasteiger charge is 2.18. The van der Waals surface area contributed by atoms with Gasteiger partial charge in [0.05, 0.1) is 4.88 Å². The fraction of sp³-hybridized carbons (Fsp3) is 0.200. The van der Waals surface area contributed by atoms with Crippen LogP contribution in [0.1, 0.15) is 12.8 Å². The number of allylic oxidation sites excluding steroid dienone is 4. The van der Waals surface area contributed by atoms with Gasteiger partial charge in [0.25, 0.3) is 0 Å². The van der Waals surface area contributed by atoms with E-state index in [4.69, 9.17) is 0 Å². The second-order valence-corrected chi connectivity index (χ2v) is 8.99.